The molecule has 2 rings (SSSR count). The molecule has 0 aliphatic heterocycles. The molecule has 0 spiro atoms. The summed E-state index contributed by atoms with van der Waals surface area (Å²) in [6.45, 7) is 0. The minimum absolute atomic E-state index is 1.11. The minimum atomic E-state index is 1.11. The Morgan fingerprint density at radius 2 is 1.91 bits per heavy atom. The van der Waals surface area contributed by atoms with E-state index in [4.69, 9.17) is 0 Å². The molecule has 0 fully saturated rings. The molecule has 0 aliphatic rings. The van der Waals surface area contributed by atoms with Gasteiger partial charge in [0, 0.05) is 0 Å². The summed E-state index contributed by atoms with van der Waals surface area (Å²) in [5.74, 6) is 0. The summed E-state index contributed by atoms with van der Waals surface area (Å²) in [7, 11) is 0. The Morgan fingerprint density at radius 3 is 2.73 bits per heavy atom. The third kappa shape index (κ3) is 1.18. The molecule has 0 saturated carbocycles. The van der Waals surface area contributed by atoms with Crippen LogP contribution in [0, 0.1) is 0 Å². The van der Waals surface area contributed by atoms with E-state index >= 15 is 0 Å². The van der Waals surface area contributed by atoms with Crippen molar-refractivity contribution < 1.29 is 0 Å². The van der Waals surface area contributed by atoms with E-state index in [0.29, 0.717) is 0 Å². The maximum absolute atomic E-state index is 4.28. The van der Waals surface area contributed by atoms with E-state index in [1.807, 2.05) is 12.3 Å². The molecule has 0 bridgehead atoms. The van der Waals surface area contributed by atoms with Gasteiger partial charge in [0.15, 0.2) is 0 Å². The molecule has 11 heavy (non-hydrogen) atoms. The van der Waals surface area contributed by atoms with E-state index in [0.717, 1.165) is 5.52 Å². The topological polar surface area (TPSA) is 12.9 Å². The molecule has 0 unspecified atom stereocenters. The van der Waals surface area contributed by atoms with Gasteiger partial charge in [-0.1, -0.05) is 0 Å². The molecule has 0 saturated heterocycles. The molecule has 1 nitrogen and oxygen atoms in total. The van der Waals surface area contributed by atoms with E-state index in [1.54, 1.807) is 0 Å². The SMILES string of the molecule is [Li][c]1cccc2cccnc12. The first-order valence-electron chi connectivity index (χ1n) is 3.68. The van der Waals surface area contributed by atoms with E-state index in [2.05, 4.69) is 47.0 Å². The zero-order chi connectivity index (χ0) is 7.68. The fourth-order valence-electron chi connectivity index (χ4n) is 1.26. The van der Waals surface area contributed by atoms with Gasteiger partial charge in [-0.2, -0.15) is 0 Å². The van der Waals surface area contributed by atoms with Crippen molar-refractivity contribution in [3.8, 4) is 0 Å². The van der Waals surface area contributed by atoms with Crippen LogP contribution in [0.4, 0.5) is 0 Å². The second kappa shape index (κ2) is 2.69. The summed E-state index contributed by atoms with van der Waals surface area (Å²) < 4.78 is 1.24. The Hall–Kier alpha value is -0.773. The van der Waals surface area contributed by atoms with E-state index in [1.165, 1.54) is 9.62 Å². The van der Waals surface area contributed by atoms with Crippen molar-refractivity contribution in [2.24, 2.45) is 0 Å². The average molecular weight is 135 g/mol. The number of hydrogen-bond acceptors (Lipinski definition) is 1. The van der Waals surface area contributed by atoms with Crippen molar-refractivity contribution in [2.45, 2.75) is 0 Å². The van der Waals surface area contributed by atoms with Crippen LogP contribution in [0.5, 0.6) is 0 Å². The van der Waals surface area contributed by atoms with Gasteiger partial charge in [0.05, 0.1) is 0 Å². The Morgan fingerprint density at radius 1 is 1.09 bits per heavy atom. The number of aromatic nitrogens is 1. The predicted molar refractivity (Wildman–Crippen MR) is 47.1 cm³/mol. The van der Waals surface area contributed by atoms with Gasteiger partial charge in [-0.3, -0.25) is 0 Å². The van der Waals surface area contributed by atoms with Crippen LogP contribution in [-0.2, 0) is 0 Å². The molecule has 48 valence electrons. The fraction of sp³-hybridized carbons (Fsp3) is 0. The first-order valence-corrected chi connectivity index (χ1v) is 3.68. The number of nitrogens with zero attached hydrogens (tertiary/aromatic N) is 1. The molecular weight excluding hydrogens is 129 g/mol. The van der Waals surface area contributed by atoms with E-state index < -0.39 is 0 Å². The third-order valence-corrected chi connectivity index (χ3v) is 1.83. The van der Waals surface area contributed by atoms with Crippen molar-refractivity contribution in [3.05, 3.63) is 36.5 Å². The van der Waals surface area contributed by atoms with Crippen LogP contribution in [0.2, 0.25) is 0 Å². The van der Waals surface area contributed by atoms with Gasteiger partial charge in [0.2, 0.25) is 0 Å². The number of para-hydroxylation sites is 1. The van der Waals surface area contributed by atoms with Crippen molar-refractivity contribution in [1.82, 2.24) is 4.98 Å². The molecule has 0 atom stereocenters. The molecule has 2 aromatic rings. The Balaban J connectivity index is 2.91. The normalized spacial score (nSPS) is 10.4. The van der Waals surface area contributed by atoms with Crippen LogP contribution in [0.3, 0.4) is 0 Å². The number of rotatable bonds is 0. The summed E-state index contributed by atoms with van der Waals surface area (Å²) in [4.78, 5) is 4.28. The van der Waals surface area contributed by atoms with Crippen LogP contribution in [0.15, 0.2) is 36.5 Å². The maximum atomic E-state index is 4.28. The molecular formula is C9H6LiN. The van der Waals surface area contributed by atoms with E-state index in [9.17, 15) is 0 Å². The second-order valence-electron chi connectivity index (χ2n) is 2.65. The number of hydrogen-bond donors (Lipinski definition) is 0. The molecule has 0 amide bonds. The van der Waals surface area contributed by atoms with E-state index in [-0.39, 0.29) is 0 Å². The third-order valence-electron chi connectivity index (χ3n) is 1.83. The van der Waals surface area contributed by atoms with Crippen LogP contribution < -0.4 is 4.24 Å². The fourth-order valence-corrected chi connectivity index (χ4v) is 1.26. The molecule has 1 aromatic carbocycles. The van der Waals surface area contributed by atoms with Crippen LogP contribution in [0.1, 0.15) is 0 Å². The van der Waals surface area contributed by atoms with Crippen LogP contribution >= 0.6 is 0 Å². The molecule has 0 radical (unpaired) electrons. The predicted octanol–water partition coefficient (Wildman–Crippen LogP) is 1.03. The first kappa shape index (κ1) is 6.91. The van der Waals surface area contributed by atoms with Crippen LogP contribution in [-0.4, -0.2) is 22.7 Å². The molecule has 1 heterocycles. The van der Waals surface area contributed by atoms with Gasteiger partial charge in [-0.25, -0.2) is 0 Å². The van der Waals surface area contributed by atoms with Gasteiger partial charge in [-0.15, -0.1) is 0 Å². The quantitative estimate of drug-likeness (QED) is 0.491. The van der Waals surface area contributed by atoms with Gasteiger partial charge < -0.3 is 0 Å². The first-order chi connectivity index (χ1) is 5.38. The molecule has 0 N–H and O–H groups in total. The Bertz CT molecular complexity index is 379. The summed E-state index contributed by atoms with van der Waals surface area (Å²) in [6.07, 6.45) is 1.83. The molecule has 0 aliphatic carbocycles. The van der Waals surface area contributed by atoms with Crippen molar-refractivity contribution in [1.29, 1.82) is 0 Å². The average Bonchev–Trinajstić information content (AvgIpc) is 2.06. The molecule has 1 aromatic heterocycles. The summed E-state index contributed by atoms with van der Waals surface area (Å²) in [5.41, 5.74) is 1.11. The number of fused-ring (bicyclic) bond motifs is 1. The Labute approximate surface area is 74.7 Å². The number of pyridine rings is 1. The van der Waals surface area contributed by atoms with Crippen LogP contribution in [0.25, 0.3) is 10.9 Å². The number of benzene rings is 1. The second-order valence-corrected chi connectivity index (χ2v) is 2.65. The van der Waals surface area contributed by atoms with Gasteiger partial charge >= 0.3 is 74.4 Å². The van der Waals surface area contributed by atoms with Gasteiger partial charge in [-0.05, 0) is 0 Å². The van der Waals surface area contributed by atoms with Crippen molar-refractivity contribution in [3.63, 3.8) is 0 Å². The van der Waals surface area contributed by atoms with Gasteiger partial charge in [0.1, 0.15) is 0 Å². The zero-order valence-corrected chi connectivity index (χ0v) is 6.41. The summed E-state index contributed by atoms with van der Waals surface area (Å²) >= 11 is 2.08. The van der Waals surface area contributed by atoms with Crippen molar-refractivity contribution in [2.75, 3.05) is 0 Å². The molecule has 2 heteroatoms. The van der Waals surface area contributed by atoms with Crippen molar-refractivity contribution >= 4 is 32.9 Å². The Kier molecular flexibility index (Phi) is 1.69. The summed E-state index contributed by atoms with van der Waals surface area (Å²) in [5, 5.41) is 1.22. The zero-order valence-electron chi connectivity index (χ0n) is 6.41. The monoisotopic (exact) mass is 135 g/mol. The van der Waals surface area contributed by atoms with Gasteiger partial charge in [0.25, 0.3) is 0 Å². The standard InChI is InChI=1S/C9H6N.Li/c1-2-6-9-8(4-1)5-3-7-10-9;/h1-5,7H;. The summed E-state index contributed by atoms with van der Waals surface area (Å²) in [6, 6.07) is 10.3.